The van der Waals surface area contributed by atoms with Crippen molar-refractivity contribution in [3.8, 4) is 0 Å². The summed E-state index contributed by atoms with van der Waals surface area (Å²) in [6.07, 6.45) is 3.46. The molecule has 0 aliphatic heterocycles. The normalized spacial score (nSPS) is 18.4. The van der Waals surface area contributed by atoms with Crippen LogP contribution < -0.4 is 5.73 Å². The molecule has 0 radical (unpaired) electrons. The van der Waals surface area contributed by atoms with E-state index in [2.05, 4.69) is 6.07 Å². The van der Waals surface area contributed by atoms with Gasteiger partial charge < -0.3 is 14.9 Å². The molecule has 0 atom stereocenters. The summed E-state index contributed by atoms with van der Waals surface area (Å²) in [4.78, 5) is 0. The van der Waals surface area contributed by atoms with E-state index in [-0.39, 0.29) is 5.41 Å². The highest BCUT2D eigenvalue weighted by Gasteiger charge is 2.46. The minimum Gasteiger partial charge on any atom is -0.463 e. The van der Waals surface area contributed by atoms with Gasteiger partial charge in [-0.15, -0.1) is 0 Å². The predicted molar refractivity (Wildman–Crippen MR) is 54.0 cm³/mol. The van der Waals surface area contributed by atoms with Crippen molar-refractivity contribution in [2.24, 2.45) is 5.73 Å². The molecule has 1 aromatic rings. The highest BCUT2D eigenvalue weighted by molar-refractivity contribution is 5.24. The third kappa shape index (κ3) is 1.70. The molecular weight excluding hydrogens is 178 g/mol. The highest BCUT2D eigenvalue weighted by atomic mass is 16.5. The molecule has 14 heavy (non-hydrogen) atoms. The van der Waals surface area contributed by atoms with E-state index in [4.69, 9.17) is 14.9 Å². The summed E-state index contributed by atoms with van der Waals surface area (Å²) in [5.41, 5.74) is 5.86. The molecule has 0 saturated heterocycles. The van der Waals surface area contributed by atoms with Crippen molar-refractivity contribution in [3.05, 3.63) is 23.7 Å². The SMILES string of the molecule is COCc1ccc(C2(CCN)CC2)o1. The fraction of sp³-hybridized carbons (Fsp3) is 0.636. The van der Waals surface area contributed by atoms with E-state index in [1.807, 2.05) is 6.07 Å². The lowest BCUT2D eigenvalue weighted by Gasteiger charge is -2.09. The quantitative estimate of drug-likeness (QED) is 0.779. The van der Waals surface area contributed by atoms with Gasteiger partial charge in [0, 0.05) is 12.5 Å². The standard InChI is InChI=1S/C11H17NO2/c1-13-8-9-2-3-10(14-9)11(4-5-11)6-7-12/h2-3H,4-8,12H2,1H3. The first-order chi connectivity index (χ1) is 6.80. The molecule has 3 heteroatoms. The summed E-state index contributed by atoms with van der Waals surface area (Å²) in [6.45, 7) is 1.29. The van der Waals surface area contributed by atoms with E-state index in [0.717, 1.165) is 24.5 Å². The fourth-order valence-corrected chi connectivity index (χ4v) is 1.93. The summed E-state index contributed by atoms with van der Waals surface area (Å²) in [7, 11) is 1.68. The molecule has 2 rings (SSSR count). The molecule has 0 aromatic carbocycles. The van der Waals surface area contributed by atoms with Crippen molar-refractivity contribution in [2.45, 2.75) is 31.3 Å². The second kappa shape index (κ2) is 3.75. The van der Waals surface area contributed by atoms with Crippen LogP contribution >= 0.6 is 0 Å². The zero-order valence-electron chi connectivity index (χ0n) is 8.58. The molecule has 1 fully saturated rings. The molecule has 1 aromatic heterocycles. The maximum atomic E-state index is 5.72. The number of hydrogen-bond donors (Lipinski definition) is 1. The third-order valence-electron chi connectivity index (χ3n) is 2.95. The van der Waals surface area contributed by atoms with Crippen LogP contribution in [0.4, 0.5) is 0 Å². The molecule has 3 nitrogen and oxygen atoms in total. The highest BCUT2D eigenvalue weighted by Crippen LogP contribution is 2.51. The van der Waals surface area contributed by atoms with Crippen LogP contribution in [0.1, 0.15) is 30.8 Å². The first-order valence-corrected chi connectivity index (χ1v) is 5.09. The van der Waals surface area contributed by atoms with E-state index in [9.17, 15) is 0 Å². The van der Waals surface area contributed by atoms with E-state index in [0.29, 0.717) is 6.61 Å². The molecule has 78 valence electrons. The van der Waals surface area contributed by atoms with Gasteiger partial charge in [0.1, 0.15) is 18.1 Å². The van der Waals surface area contributed by atoms with E-state index < -0.39 is 0 Å². The lowest BCUT2D eigenvalue weighted by atomic mass is 10.00. The summed E-state index contributed by atoms with van der Waals surface area (Å²) in [5.74, 6) is 2.00. The first-order valence-electron chi connectivity index (χ1n) is 5.09. The van der Waals surface area contributed by atoms with Crippen LogP contribution in [0.25, 0.3) is 0 Å². The van der Waals surface area contributed by atoms with Gasteiger partial charge in [-0.25, -0.2) is 0 Å². The average Bonchev–Trinajstić information content (AvgIpc) is 2.79. The van der Waals surface area contributed by atoms with Gasteiger partial charge in [-0.3, -0.25) is 0 Å². The minimum atomic E-state index is 0.265. The molecule has 1 heterocycles. The Morgan fingerprint density at radius 3 is 2.86 bits per heavy atom. The minimum absolute atomic E-state index is 0.265. The monoisotopic (exact) mass is 195 g/mol. The predicted octanol–water partition coefficient (Wildman–Crippen LogP) is 1.81. The van der Waals surface area contributed by atoms with Gasteiger partial charge in [0.15, 0.2) is 0 Å². The van der Waals surface area contributed by atoms with Gasteiger partial charge in [-0.1, -0.05) is 0 Å². The Morgan fingerprint density at radius 2 is 2.29 bits per heavy atom. The smallest absolute Gasteiger partial charge is 0.129 e. The van der Waals surface area contributed by atoms with Crippen molar-refractivity contribution >= 4 is 0 Å². The van der Waals surface area contributed by atoms with Crippen molar-refractivity contribution in [1.82, 2.24) is 0 Å². The number of methoxy groups -OCH3 is 1. The lowest BCUT2D eigenvalue weighted by Crippen LogP contribution is -2.12. The summed E-state index contributed by atoms with van der Waals surface area (Å²) in [6, 6.07) is 4.06. The zero-order chi connectivity index (χ0) is 10.0. The van der Waals surface area contributed by atoms with Gasteiger partial charge in [0.05, 0.1) is 0 Å². The molecule has 0 spiro atoms. The maximum absolute atomic E-state index is 5.72. The molecule has 0 unspecified atom stereocenters. The van der Waals surface area contributed by atoms with Crippen LogP contribution in [0.3, 0.4) is 0 Å². The van der Waals surface area contributed by atoms with Crippen molar-refractivity contribution in [1.29, 1.82) is 0 Å². The van der Waals surface area contributed by atoms with Gasteiger partial charge in [0.25, 0.3) is 0 Å². The molecule has 0 amide bonds. The Hall–Kier alpha value is -0.800. The van der Waals surface area contributed by atoms with Gasteiger partial charge >= 0.3 is 0 Å². The zero-order valence-corrected chi connectivity index (χ0v) is 8.58. The molecular formula is C11H17NO2. The number of hydrogen-bond acceptors (Lipinski definition) is 3. The molecule has 0 bridgehead atoms. The van der Waals surface area contributed by atoms with Crippen molar-refractivity contribution in [3.63, 3.8) is 0 Å². The van der Waals surface area contributed by atoms with Crippen LogP contribution in [0.2, 0.25) is 0 Å². The van der Waals surface area contributed by atoms with Crippen LogP contribution in [-0.4, -0.2) is 13.7 Å². The van der Waals surface area contributed by atoms with E-state index in [1.54, 1.807) is 7.11 Å². The second-order valence-electron chi connectivity index (χ2n) is 4.02. The Balaban J connectivity index is 2.08. The number of furan rings is 1. The van der Waals surface area contributed by atoms with Crippen molar-refractivity contribution in [2.75, 3.05) is 13.7 Å². The van der Waals surface area contributed by atoms with Gasteiger partial charge in [-0.05, 0) is 37.9 Å². The van der Waals surface area contributed by atoms with Gasteiger partial charge in [0.2, 0.25) is 0 Å². The van der Waals surface area contributed by atoms with Crippen LogP contribution in [0.15, 0.2) is 16.5 Å². The van der Waals surface area contributed by atoms with Crippen molar-refractivity contribution < 1.29 is 9.15 Å². The Kier molecular flexibility index (Phi) is 2.61. The van der Waals surface area contributed by atoms with E-state index >= 15 is 0 Å². The molecule has 1 aliphatic rings. The fourth-order valence-electron chi connectivity index (χ4n) is 1.93. The van der Waals surface area contributed by atoms with Crippen LogP contribution in [-0.2, 0) is 16.8 Å². The average molecular weight is 195 g/mol. The Bertz CT molecular complexity index is 302. The summed E-state index contributed by atoms with van der Waals surface area (Å²) in [5, 5.41) is 0. The third-order valence-corrected chi connectivity index (χ3v) is 2.95. The summed E-state index contributed by atoms with van der Waals surface area (Å²) < 4.78 is 10.7. The Labute approximate surface area is 84.2 Å². The van der Waals surface area contributed by atoms with Crippen LogP contribution in [0.5, 0.6) is 0 Å². The largest absolute Gasteiger partial charge is 0.463 e. The maximum Gasteiger partial charge on any atom is 0.129 e. The molecule has 1 aliphatic carbocycles. The topological polar surface area (TPSA) is 48.4 Å². The number of rotatable bonds is 5. The lowest BCUT2D eigenvalue weighted by molar-refractivity contribution is 0.161. The number of nitrogens with two attached hydrogens (primary N) is 1. The number of ether oxygens (including phenoxy) is 1. The molecule has 1 saturated carbocycles. The van der Waals surface area contributed by atoms with E-state index in [1.165, 1.54) is 12.8 Å². The van der Waals surface area contributed by atoms with Gasteiger partial charge in [-0.2, -0.15) is 0 Å². The second-order valence-corrected chi connectivity index (χ2v) is 4.02. The first kappa shape index (κ1) is 9.74. The molecule has 2 N–H and O–H groups in total. The van der Waals surface area contributed by atoms with Crippen LogP contribution in [0, 0.1) is 0 Å². The summed E-state index contributed by atoms with van der Waals surface area (Å²) >= 11 is 0. The Morgan fingerprint density at radius 1 is 1.50 bits per heavy atom.